The predicted octanol–water partition coefficient (Wildman–Crippen LogP) is 3.59. The fourth-order valence-corrected chi connectivity index (χ4v) is 2.50. The number of aryl methyl sites for hydroxylation is 1. The van der Waals surface area contributed by atoms with Crippen LogP contribution in [-0.2, 0) is 6.42 Å². The summed E-state index contributed by atoms with van der Waals surface area (Å²) in [5.74, 6) is 6.64. The van der Waals surface area contributed by atoms with Crippen LogP contribution in [-0.4, -0.2) is 6.61 Å². The van der Waals surface area contributed by atoms with Gasteiger partial charge in [0.25, 0.3) is 0 Å². The Balaban J connectivity index is 2.24. The van der Waals surface area contributed by atoms with Gasteiger partial charge in [0.05, 0.1) is 12.6 Å². The first-order chi connectivity index (χ1) is 10.3. The molecule has 2 rings (SSSR count). The topological polar surface area (TPSA) is 47.3 Å². The zero-order valence-electron chi connectivity index (χ0n) is 12.8. The quantitative estimate of drug-likeness (QED) is 0.603. The molecule has 1 unspecified atom stereocenters. The number of nitrogens with two attached hydrogens (primary N) is 1. The summed E-state index contributed by atoms with van der Waals surface area (Å²) >= 11 is 0. The van der Waals surface area contributed by atoms with Crippen molar-refractivity contribution in [2.24, 2.45) is 5.84 Å². The molecule has 0 spiro atoms. The molecule has 1 atom stereocenters. The third-order valence-corrected chi connectivity index (χ3v) is 3.52. The molecule has 0 heterocycles. The van der Waals surface area contributed by atoms with Gasteiger partial charge in [-0.1, -0.05) is 49.7 Å². The van der Waals surface area contributed by atoms with E-state index in [0.717, 1.165) is 29.7 Å². The number of hydrogen-bond acceptors (Lipinski definition) is 3. The molecule has 0 aliphatic heterocycles. The Morgan fingerprint density at radius 1 is 1.05 bits per heavy atom. The zero-order chi connectivity index (χ0) is 15.1. The molecule has 0 saturated heterocycles. The van der Waals surface area contributed by atoms with E-state index < -0.39 is 0 Å². The first-order valence-electron chi connectivity index (χ1n) is 7.56. The molecule has 0 aliphatic carbocycles. The molecule has 21 heavy (non-hydrogen) atoms. The Bertz CT molecular complexity index is 551. The highest BCUT2D eigenvalue weighted by Crippen LogP contribution is 2.25. The minimum absolute atomic E-state index is 0.0268. The van der Waals surface area contributed by atoms with Crippen molar-refractivity contribution >= 4 is 0 Å². The van der Waals surface area contributed by atoms with E-state index in [9.17, 15) is 0 Å². The van der Waals surface area contributed by atoms with Crippen LogP contribution in [0.5, 0.6) is 5.75 Å². The largest absolute Gasteiger partial charge is 0.494 e. The average molecular weight is 284 g/mol. The molecule has 3 nitrogen and oxygen atoms in total. The van der Waals surface area contributed by atoms with Crippen molar-refractivity contribution in [1.29, 1.82) is 0 Å². The summed E-state index contributed by atoms with van der Waals surface area (Å²) in [6, 6.07) is 16.7. The molecular weight excluding hydrogens is 260 g/mol. The van der Waals surface area contributed by atoms with Crippen molar-refractivity contribution in [2.45, 2.75) is 32.7 Å². The monoisotopic (exact) mass is 284 g/mol. The molecule has 112 valence electrons. The molecule has 3 N–H and O–H groups in total. The van der Waals surface area contributed by atoms with E-state index in [1.165, 1.54) is 5.56 Å². The van der Waals surface area contributed by atoms with Crippen molar-refractivity contribution in [3.63, 3.8) is 0 Å². The Kier molecular flexibility index (Phi) is 5.78. The Morgan fingerprint density at radius 3 is 2.43 bits per heavy atom. The standard InChI is InChI=1S/C18H24N2O/c1-3-6-14-9-11-15(12-10-14)18(20-19)16-7-5-8-17(13-16)21-4-2/h5,7-13,18,20H,3-4,6,19H2,1-2H3. The van der Waals surface area contributed by atoms with Crippen molar-refractivity contribution in [1.82, 2.24) is 5.43 Å². The summed E-state index contributed by atoms with van der Waals surface area (Å²) in [6.45, 7) is 4.84. The predicted molar refractivity (Wildman–Crippen MR) is 87.2 cm³/mol. The number of hydrazine groups is 1. The molecule has 0 amide bonds. The van der Waals surface area contributed by atoms with Crippen LogP contribution in [0.1, 0.15) is 43.0 Å². The molecule has 0 saturated carbocycles. The second kappa shape index (κ2) is 7.81. The van der Waals surface area contributed by atoms with Gasteiger partial charge in [0, 0.05) is 0 Å². The molecule has 2 aromatic carbocycles. The third-order valence-electron chi connectivity index (χ3n) is 3.52. The van der Waals surface area contributed by atoms with Crippen molar-refractivity contribution < 1.29 is 4.74 Å². The van der Waals surface area contributed by atoms with Crippen molar-refractivity contribution in [3.8, 4) is 5.75 Å². The normalized spacial score (nSPS) is 12.1. The maximum absolute atomic E-state index is 5.77. The van der Waals surface area contributed by atoms with Crippen LogP contribution in [0, 0.1) is 0 Å². The molecular formula is C18H24N2O. The maximum Gasteiger partial charge on any atom is 0.119 e. The molecule has 3 heteroatoms. The van der Waals surface area contributed by atoms with Crippen molar-refractivity contribution in [2.75, 3.05) is 6.61 Å². The van der Waals surface area contributed by atoms with Gasteiger partial charge >= 0.3 is 0 Å². The van der Waals surface area contributed by atoms with Gasteiger partial charge in [-0.15, -0.1) is 0 Å². The summed E-state index contributed by atoms with van der Waals surface area (Å²) in [4.78, 5) is 0. The summed E-state index contributed by atoms with van der Waals surface area (Å²) in [5.41, 5.74) is 6.52. The first kappa shape index (κ1) is 15.5. The van der Waals surface area contributed by atoms with Gasteiger partial charge in [0.15, 0.2) is 0 Å². The van der Waals surface area contributed by atoms with Gasteiger partial charge in [-0.05, 0) is 42.2 Å². The van der Waals surface area contributed by atoms with E-state index in [4.69, 9.17) is 10.6 Å². The molecule has 0 aliphatic rings. The van der Waals surface area contributed by atoms with Crippen LogP contribution in [0.3, 0.4) is 0 Å². The van der Waals surface area contributed by atoms with Gasteiger partial charge in [-0.2, -0.15) is 0 Å². The molecule has 2 aromatic rings. The van der Waals surface area contributed by atoms with Crippen LogP contribution < -0.4 is 16.0 Å². The fraction of sp³-hybridized carbons (Fsp3) is 0.333. The number of ether oxygens (including phenoxy) is 1. The highest BCUT2D eigenvalue weighted by Gasteiger charge is 2.13. The molecule has 0 fully saturated rings. The van der Waals surface area contributed by atoms with E-state index in [2.05, 4.69) is 42.7 Å². The average Bonchev–Trinajstić information content (AvgIpc) is 2.51. The second-order valence-electron chi connectivity index (χ2n) is 5.10. The van der Waals surface area contributed by atoms with Crippen molar-refractivity contribution in [3.05, 3.63) is 65.2 Å². The Labute approximate surface area is 127 Å². The smallest absolute Gasteiger partial charge is 0.119 e. The maximum atomic E-state index is 5.77. The van der Waals surface area contributed by atoms with Gasteiger partial charge in [0.1, 0.15) is 5.75 Å². The zero-order valence-corrected chi connectivity index (χ0v) is 12.8. The molecule has 0 aromatic heterocycles. The van der Waals surface area contributed by atoms with E-state index in [-0.39, 0.29) is 6.04 Å². The lowest BCUT2D eigenvalue weighted by Crippen LogP contribution is -2.28. The molecule has 0 radical (unpaired) electrons. The summed E-state index contributed by atoms with van der Waals surface area (Å²) in [7, 11) is 0. The van der Waals surface area contributed by atoms with Crippen LogP contribution in [0.15, 0.2) is 48.5 Å². The summed E-state index contributed by atoms with van der Waals surface area (Å²) in [6.07, 6.45) is 2.27. The Morgan fingerprint density at radius 2 is 1.81 bits per heavy atom. The minimum Gasteiger partial charge on any atom is -0.494 e. The first-order valence-corrected chi connectivity index (χ1v) is 7.56. The van der Waals surface area contributed by atoms with Gasteiger partial charge in [-0.25, -0.2) is 5.43 Å². The van der Waals surface area contributed by atoms with Crippen LogP contribution in [0.4, 0.5) is 0 Å². The van der Waals surface area contributed by atoms with E-state index in [0.29, 0.717) is 6.61 Å². The molecule has 0 bridgehead atoms. The van der Waals surface area contributed by atoms with Gasteiger partial charge in [-0.3, -0.25) is 5.84 Å². The van der Waals surface area contributed by atoms with Crippen LogP contribution in [0.25, 0.3) is 0 Å². The second-order valence-corrected chi connectivity index (χ2v) is 5.10. The Hall–Kier alpha value is -1.84. The highest BCUT2D eigenvalue weighted by atomic mass is 16.5. The summed E-state index contributed by atoms with van der Waals surface area (Å²) in [5, 5.41) is 0. The van der Waals surface area contributed by atoms with Crippen LogP contribution in [0.2, 0.25) is 0 Å². The van der Waals surface area contributed by atoms with Gasteiger partial charge in [0.2, 0.25) is 0 Å². The summed E-state index contributed by atoms with van der Waals surface area (Å²) < 4.78 is 5.56. The number of rotatable bonds is 7. The van der Waals surface area contributed by atoms with E-state index in [1.54, 1.807) is 0 Å². The highest BCUT2D eigenvalue weighted by molar-refractivity contribution is 5.37. The van der Waals surface area contributed by atoms with Gasteiger partial charge < -0.3 is 4.74 Å². The van der Waals surface area contributed by atoms with E-state index in [1.807, 2.05) is 25.1 Å². The lowest BCUT2D eigenvalue weighted by Gasteiger charge is -2.18. The minimum atomic E-state index is -0.0268. The number of hydrogen-bond donors (Lipinski definition) is 2. The number of nitrogens with one attached hydrogen (secondary N) is 1. The number of benzene rings is 2. The lowest BCUT2D eigenvalue weighted by atomic mass is 9.97. The lowest BCUT2D eigenvalue weighted by molar-refractivity contribution is 0.339. The SMILES string of the molecule is CCCc1ccc(C(NN)c2cccc(OCC)c2)cc1. The third kappa shape index (κ3) is 4.06. The van der Waals surface area contributed by atoms with E-state index >= 15 is 0 Å². The van der Waals surface area contributed by atoms with Crippen LogP contribution >= 0.6 is 0 Å². The fourth-order valence-electron chi connectivity index (χ4n) is 2.50.